The molecular weight excluding hydrogens is 358 g/mol. The summed E-state index contributed by atoms with van der Waals surface area (Å²) < 4.78 is 16.7. The molecule has 148 valence electrons. The first-order chi connectivity index (χ1) is 13.2. The predicted octanol–water partition coefficient (Wildman–Crippen LogP) is 3.66. The summed E-state index contributed by atoms with van der Waals surface area (Å²) >= 11 is 0. The van der Waals surface area contributed by atoms with Crippen LogP contribution in [0.3, 0.4) is 0 Å². The molecule has 6 nitrogen and oxygen atoms in total. The second-order valence-corrected chi connectivity index (χ2v) is 7.56. The van der Waals surface area contributed by atoms with Crippen molar-refractivity contribution < 1.29 is 23.8 Å². The fourth-order valence-corrected chi connectivity index (χ4v) is 3.00. The van der Waals surface area contributed by atoms with E-state index in [1.807, 2.05) is 45.0 Å². The highest BCUT2D eigenvalue weighted by Crippen LogP contribution is 2.41. The normalized spacial score (nSPS) is 15.1. The van der Waals surface area contributed by atoms with Crippen molar-refractivity contribution in [1.82, 2.24) is 0 Å². The SMILES string of the molecule is Cc1ccc(NC(=O)C(C)OC(=O)COc2cccc3c2OC(C)(C)C3)cc1. The molecule has 0 bridgehead atoms. The summed E-state index contributed by atoms with van der Waals surface area (Å²) in [7, 11) is 0. The summed E-state index contributed by atoms with van der Waals surface area (Å²) in [6, 6.07) is 13.0. The number of fused-ring (bicyclic) bond motifs is 1. The Balaban J connectivity index is 1.51. The maximum Gasteiger partial charge on any atom is 0.344 e. The molecule has 3 rings (SSSR count). The quantitative estimate of drug-likeness (QED) is 0.771. The van der Waals surface area contributed by atoms with Gasteiger partial charge in [0, 0.05) is 17.7 Å². The summed E-state index contributed by atoms with van der Waals surface area (Å²) in [6.07, 6.45) is -0.158. The van der Waals surface area contributed by atoms with Crippen LogP contribution in [0.25, 0.3) is 0 Å². The lowest BCUT2D eigenvalue weighted by Crippen LogP contribution is -2.31. The van der Waals surface area contributed by atoms with Gasteiger partial charge in [-0.25, -0.2) is 4.79 Å². The van der Waals surface area contributed by atoms with Crippen LogP contribution in [0.4, 0.5) is 5.69 Å². The van der Waals surface area contributed by atoms with Gasteiger partial charge in [0.1, 0.15) is 5.60 Å². The van der Waals surface area contributed by atoms with Crippen LogP contribution >= 0.6 is 0 Å². The highest BCUT2D eigenvalue weighted by Gasteiger charge is 2.32. The van der Waals surface area contributed by atoms with Crippen molar-refractivity contribution >= 4 is 17.6 Å². The van der Waals surface area contributed by atoms with Crippen LogP contribution in [0, 0.1) is 6.92 Å². The van der Waals surface area contributed by atoms with E-state index < -0.39 is 18.0 Å². The molecule has 2 aromatic rings. The fourth-order valence-electron chi connectivity index (χ4n) is 3.00. The maximum absolute atomic E-state index is 12.2. The number of carbonyl (C=O) groups excluding carboxylic acids is 2. The highest BCUT2D eigenvalue weighted by molar-refractivity contribution is 5.95. The third kappa shape index (κ3) is 4.82. The van der Waals surface area contributed by atoms with E-state index in [-0.39, 0.29) is 12.2 Å². The molecule has 2 aromatic carbocycles. The van der Waals surface area contributed by atoms with Crippen molar-refractivity contribution in [3.8, 4) is 11.5 Å². The summed E-state index contributed by atoms with van der Waals surface area (Å²) in [5.74, 6) is 0.131. The Labute approximate surface area is 164 Å². The Kier molecular flexibility index (Phi) is 5.58. The molecule has 0 radical (unpaired) electrons. The molecule has 0 fully saturated rings. The van der Waals surface area contributed by atoms with Gasteiger partial charge in [-0.1, -0.05) is 29.8 Å². The third-order valence-corrected chi connectivity index (χ3v) is 4.40. The summed E-state index contributed by atoms with van der Waals surface area (Å²) in [5, 5.41) is 2.71. The van der Waals surface area contributed by atoms with Gasteiger partial charge in [-0.2, -0.15) is 0 Å². The number of carbonyl (C=O) groups is 2. The summed E-state index contributed by atoms with van der Waals surface area (Å²) in [5.41, 5.74) is 2.48. The number of aryl methyl sites for hydroxylation is 1. The number of hydrogen-bond donors (Lipinski definition) is 1. The predicted molar refractivity (Wildman–Crippen MR) is 106 cm³/mol. The molecule has 0 saturated carbocycles. The molecule has 1 amide bonds. The molecule has 1 aliphatic heterocycles. The van der Waals surface area contributed by atoms with Crippen molar-refractivity contribution in [3.63, 3.8) is 0 Å². The first kappa shape index (κ1) is 19.7. The van der Waals surface area contributed by atoms with Crippen LogP contribution in [-0.2, 0) is 20.7 Å². The number of rotatable bonds is 6. The largest absolute Gasteiger partial charge is 0.483 e. The van der Waals surface area contributed by atoms with E-state index in [9.17, 15) is 9.59 Å². The molecule has 0 saturated heterocycles. The Morgan fingerprint density at radius 1 is 1.18 bits per heavy atom. The minimum Gasteiger partial charge on any atom is -0.483 e. The molecule has 0 aliphatic carbocycles. The van der Waals surface area contributed by atoms with Gasteiger partial charge in [0.25, 0.3) is 5.91 Å². The third-order valence-electron chi connectivity index (χ3n) is 4.40. The number of hydrogen-bond acceptors (Lipinski definition) is 5. The van der Waals surface area contributed by atoms with E-state index in [4.69, 9.17) is 14.2 Å². The van der Waals surface area contributed by atoms with Crippen LogP contribution in [0.5, 0.6) is 11.5 Å². The second-order valence-electron chi connectivity index (χ2n) is 7.56. The van der Waals surface area contributed by atoms with Gasteiger partial charge in [0.2, 0.25) is 0 Å². The minimum absolute atomic E-state index is 0.301. The Bertz CT molecular complexity index is 873. The lowest BCUT2D eigenvalue weighted by molar-refractivity contribution is -0.155. The van der Waals surface area contributed by atoms with Crippen LogP contribution in [0.1, 0.15) is 31.9 Å². The molecule has 1 N–H and O–H groups in total. The number of para-hydroxylation sites is 1. The zero-order valence-corrected chi connectivity index (χ0v) is 16.6. The average molecular weight is 383 g/mol. The maximum atomic E-state index is 12.2. The number of esters is 1. The molecule has 0 spiro atoms. The van der Waals surface area contributed by atoms with Crippen molar-refractivity contribution in [2.24, 2.45) is 0 Å². The van der Waals surface area contributed by atoms with Gasteiger partial charge in [-0.3, -0.25) is 4.79 Å². The van der Waals surface area contributed by atoms with Crippen LogP contribution in [0.2, 0.25) is 0 Å². The van der Waals surface area contributed by atoms with Crippen LogP contribution in [0.15, 0.2) is 42.5 Å². The first-order valence-electron chi connectivity index (χ1n) is 9.24. The minimum atomic E-state index is -0.936. The average Bonchev–Trinajstić information content (AvgIpc) is 2.96. The highest BCUT2D eigenvalue weighted by atomic mass is 16.6. The topological polar surface area (TPSA) is 73.9 Å². The van der Waals surface area contributed by atoms with E-state index in [0.29, 0.717) is 17.2 Å². The zero-order valence-electron chi connectivity index (χ0n) is 16.6. The number of nitrogens with one attached hydrogen (secondary N) is 1. The smallest absolute Gasteiger partial charge is 0.344 e. The van der Waals surface area contributed by atoms with Gasteiger partial charge in [-0.05, 0) is 45.9 Å². The van der Waals surface area contributed by atoms with E-state index in [2.05, 4.69) is 5.32 Å². The molecule has 28 heavy (non-hydrogen) atoms. The number of ether oxygens (including phenoxy) is 3. The number of anilines is 1. The van der Waals surface area contributed by atoms with Crippen molar-refractivity contribution in [3.05, 3.63) is 53.6 Å². The van der Waals surface area contributed by atoms with Gasteiger partial charge in [0.15, 0.2) is 24.2 Å². The molecule has 1 atom stereocenters. The Morgan fingerprint density at radius 3 is 2.61 bits per heavy atom. The number of benzene rings is 2. The zero-order chi connectivity index (χ0) is 20.3. The lowest BCUT2D eigenvalue weighted by Gasteiger charge is -2.18. The Hall–Kier alpha value is -3.02. The standard InChI is InChI=1S/C22H25NO5/c1-14-8-10-17(11-9-14)23-21(25)15(2)27-19(24)13-26-18-7-5-6-16-12-22(3,4)28-20(16)18/h5-11,15H,12-13H2,1-4H3,(H,23,25). The second kappa shape index (κ2) is 7.92. The number of amides is 1. The van der Waals surface area contributed by atoms with Gasteiger partial charge < -0.3 is 19.5 Å². The van der Waals surface area contributed by atoms with E-state index in [1.165, 1.54) is 6.92 Å². The molecule has 0 aromatic heterocycles. The summed E-state index contributed by atoms with van der Waals surface area (Å²) in [4.78, 5) is 24.3. The van der Waals surface area contributed by atoms with Crippen LogP contribution < -0.4 is 14.8 Å². The first-order valence-corrected chi connectivity index (χ1v) is 9.24. The van der Waals surface area contributed by atoms with Gasteiger partial charge in [-0.15, -0.1) is 0 Å². The molecular formula is C22H25NO5. The molecule has 6 heteroatoms. The van der Waals surface area contributed by atoms with E-state index in [1.54, 1.807) is 18.2 Å². The van der Waals surface area contributed by atoms with Crippen molar-refractivity contribution in [2.45, 2.75) is 45.8 Å². The molecule has 1 aliphatic rings. The van der Waals surface area contributed by atoms with E-state index in [0.717, 1.165) is 17.5 Å². The van der Waals surface area contributed by atoms with Crippen LogP contribution in [-0.4, -0.2) is 30.2 Å². The monoisotopic (exact) mass is 383 g/mol. The molecule has 1 heterocycles. The van der Waals surface area contributed by atoms with Gasteiger partial charge >= 0.3 is 5.97 Å². The lowest BCUT2D eigenvalue weighted by atomic mass is 10.0. The Morgan fingerprint density at radius 2 is 1.89 bits per heavy atom. The summed E-state index contributed by atoms with van der Waals surface area (Å²) in [6.45, 7) is 7.18. The fraction of sp³-hybridized carbons (Fsp3) is 0.364. The van der Waals surface area contributed by atoms with Crippen molar-refractivity contribution in [2.75, 3.05) is 11.9 Å². The van der Waals surface area contributed by atoms with E-state index >= 15 is 0 Å². The van der Waals surface area contributed by atoms with Gasteiger partial charge in [0.05, 0.1) is 0 Å². The molecule has 1 unspecified atom stereocenters. The van der Waals surface area contributed by atoms with Crippen molar-refractivity contribution in [1.29, 1.82) is 0 Å².